The summed E-state index contributed by atoms with van der Waals surface area (Å²) in [4.78, 5) is 17.4. The second kappa shape index (κ2) is 9.39. The summed E-state index contributed by atoms with van der Waals surface area (Å²) in [5.74, 6) is 0.475. The molecule has 0 radical (unpaired) electrons. The lowest BCUT2D eigenvalue weighted by Crippen LogP contribution is -2.19. The van der Waals surface area contributed by atoms with Crippen LogP contribution in [0.4, 0.5) is 5.69 Å². The van der Waals surface area contributed by atoms with E-state index >= 15 is 0 Å². The molecule has 1 aliphatic rings. The van der Waals surface area contributed by atoms with E-state index in [2.05, 4.69) is 10.3 Å². The van der Waals surface area contributed by atoms with Crippen LogP contribution in [-0.2, 0) is 11.4 Å². The summed E-state index contributed by atoms with van der Waals surface area (Å²) >= 11 is 13.3. The summed E-state index contributed by atoms with van der Waals surface area (Å²) in [7, 11) is 0. The monoisotopic (exact) mass is 454 g/mol. The molecule has 0 aliphatic carbocycles. The van der Waals surface area contributed by atoms with Crippen LogP contribution in [0.25, 0.3) is 6.08 Å². The van der Waals surface area contributed by atoms with Gasteiger partial charge in [-0.05, 0) is 53.7 Å². The first-order chi connectivity index (χ1) is 14.6. The first-order valence-electron chi connectivity index (χ1n) is 9.09. The highest BCUT2D eigenvalue weighted by Gasteiger charge is 2.24. The number of rotatable bonds is 5. The molecule has 3 aromatic carbocycles. The lowest BCUT2D eigenvalue weighted by Gasteiger charge is -2.09. The summed E-state index contributed by atoms with van der Waals surface area (Å²) < 4.78 is 5.97. The molecule has 1 aliphatic heterocycles. The third-order valence-corrected chi connectivity index (χ3v) is 5.72. The Morgan fingerprint density at radius 1 is 0.967 bits per heavy atom. The smallest absolute Gasteiger partial charge is 0.264 e. The molecule has 0 aromatic heterocycles. The van der Waals surface area contributed by atoms with Crippen molar-refractivity contribution >= 4 is 57.8 Å². The van der Waals surface area contributed by atoms with Crippen LogP contribution in [0.15, 0.2) is 82.7 Å². The minimum Gasteiger partial charge on any atom is -0.488 e. The molecule has 1 saturated heterocycles. The predicted molar refractivity (Wildman–Crippen MR) is 124 cm³/mol. The van der Waals surface area contributed by atoms with Crippen LogP contribution in [0, 0.1) is 0 Å². The predicted octanol–water partition coefficient (Wildman–Crippen LogP) is 6.46. The molecule has 0 atom stereocenters. The van der Waals surface area contributed by atoms with Crippen molar-refractivity contribution in [2.45, 2.75) is 6.61 Å². The number of benzene rings is 3. The quantitative estimate of drug-likeness (QED) is 0.449. The lowest BCUT2D eigenvalue weighted by molar-refractivity contribution is -0.115. The van der Waals surface area contributed by atoms with Gasteiger partial charge in [0.2, 0.25) is 0 Å². The molecule has 0 unspecified atom stereocenters. The van der Waals surface area contributed by atoms with Crippen LogP contribution in [0.3, 0.4) is 0 Å². The van der Waals surface area contributed by atoms with Crippen molar-refractivity contribution in [3.05, 3.63) is 98.9 Å². The van der Waals surface area contributed by atoms with Gasteiger partial charge in [-0.3, -0.25) is 4.79 Å². The maximum atomic E-state index is 12.4. The summed E-state index contributed by atoms with van der Waals surface area (Å²) in [6, 6.07) is 22.3. The summed E-state index contributed by atoms with van der Waals surface area (Å²) in [5.41, 5.74) is 2.42. The average Bonchev–Trinajstić information content (AvgIpc) is 3.09. The number of nitrogens with one attached hydrogen (secondary N) is 1. The van der Waals surface area contributed by atoms with Crippen molar-refractivity contribution in [1.82, 2.24) is 5.32 Å². The molecular weight excluding hydrogens is 439 g/mol. The number of para-hydroxylation sites is 2. The van der Waals surface area contributed by atoms with Crippen LogP contribution in [-0.4, -0.2) is 11.1 Å². The van der Waals surface area contributed by atoms with Gasteiger partial charge in [0.15, 0.2) is 5.17 Å². The number of hydrogen-bond acceptors (Lipinski definition) is 4. The van der Waals surface area contributed by atoms with E-state index in [9.17, 15) is 4.79 Å². The average molecular weight is 455 g/mol. The Balaban J connectivity index is 1.52. The zero-order chi connectivity index (χ0) is 20.9. The van der Waals surface area contributed by atoms with E-state index in [1.54, 1.807) is 18.2 Å². The van der Waals surface area contributed by atoms with Crippen molar-refractivity contribution < 1.29 is 9.53 Å². The zero-order valence-electron chi connectivity index (χ0n) is 15.6. The fourth-order valence-corrected chi connectivity index (χ4v) is 3.88. The van der Waals surface area contributed by atoms with Gasteiger partial charge in [0.25, 0.3) is 5.91 Å². The van der Waals surface area contributed by atoms with Crippen molar-refractivity contribution in [2.75, 3.05) is 0 Å². The number of amidine groups is 1. The van der Waals surface area contributed by atoms with E-state index in [-0.39, 0.29) is 5.91 Å². The van der Waals surface area contributed by atoms with Crippen LogP contribution < -0.4 is 10.1 Å². The van der Waals surface area contributed by atoms with E-state index in [0.29, 0.717) is 38.2 Å². The molecule has 1 fully saturated rings. The molecule has 4 rings (SSSR count). The van der Waals surface area contributed by atoms with Gasteiger partial charge in [-0.2, -0.15) is 0 Å². The standard InChI is InChI=1S/C23H16Cl2N2O2S/c24-17-11-9-15(10-12-17)14-29-20-8-4-1-5-16(20)13-21-22(28)27-23(30-21)26-19-7-3-2-6-18(19)25/h1-13H,14H2,(H,26,27,28). The van der Waals surface area contributed by atoms with Crippen molar-refractivity contribution in [2.24, 2.45) is 4.99 Å². The Hall–Kier alpha value is -2.73. The second-order valence-electron chi connectivity index (χ2n) is 6.39. The van der Waals surface area contributed by atoms with E-state index in [1.807, 2.05) is 60.7 Å². The van der Waals surface area contributed by atoms with Crippen molar-refractivity contribution in [3.63, 3.8) is 0 Å². The fourth-order valence-electron chi connectivity index (χ4n) is 2.75. The van der Waals surface area contributed by atoms with Crippen molar-refractivity contribution in [1.29, 1.82) is 0 Å². The third kappa shape index (κ3) is 5.05. The first kappa shape index (κ1) is 20.5. The van der Waals surface area contributed by atoms with Gasteiger partial charge in [0.1, 0.15) is 12.4 Å². The van der Waals surface area contributed by atoms with Crippen LogP contribution in [0.2, 0.25) is 10.0 Å². The van der Waals surface area contributed by atoms with Gasteiger partial charge >= 0.3 is 0 Å². The normalized spacial score (nSPS) is 16.1. The Kier molecular flexibility index (Phi) is 6.43. The second-order valence-corrected chi connectivity index (χ2v) is 8.26. The van der Waals surface area contributed by atoms with E-state index in [1.165, 1.54) is 11.8 Å². The molecule has 1 heterocycles. The Bertz CT molecular complexity index is 1140. The largest absolute Gasteiger partial charge is 0.488 e. The van der Waals surface area contributed by atoms with Gasteiger partial charge in [-0.1, -0.05) is 65.7 Å². The van der Waals surface area contributed by atoms with Crippen molar-refractivity contribution in [3.8, 4) is 5.75 Å². The third-order valence-electron chi connectivity index (χ3n) is 4.24. The molecule has 0 bridgehead atoms. The van der Waals surface area contributed by atoms with Gasteiger partial charge in [0.05, 0.1) is 15.6 Å². The first-order valence-corrected chi connectivity index (χ1v) is 10.7. The minimum absolute atomic E-state index is 0.210. The number of halogens is 2. The number of amides is 1. The molecule has 0 spiro atoms. The Morgan fingerprint density at radius 2 is 1.70 bits per heavy atom. The number of carbonyl (C=O) groups excluding carboxylic acids is 1. The van der Waals surface area contributed by atoms with E-state index < -0.39 is 0 Å². The van der Waals surface area contributed by atoms with E-state index in [4.69, 9.17) is 27.9 Å². The number of carbonyl (C=O) groups is 1. The summed E-state index contributed by atoms with van der Waals surface area (Å²) in [5, 5.41) is 4.47. The molecule has 150 valence electrons. The highest BCUT2D eigenvalue weighted by Crippen LogP contribution is 2.32. The van der Waals surface area contributed by atoms with Gasteiger partial charge in [-0.15, -0.1) is 0 Å². The molecule has 4 nitrogen and oxygen atoms in total. The highest BCUT2D eigenvalue weighted by atomic mass is 35.5. The van der Waals surface area contributed by atoms with Gasteiger partial charge in [-0.25, -0.2) is 4.99 Å². The molecule has 30 heavy (non-hydrogen) atoms. The van der Waals surface area contributed by atoms with Crippen LogP contribution >= 0.6 is 35.0 Å². The minimum atomic E-state index is -0.210. The van der Waals surface area contributed by atoms with Crippen LogP contribution in [0.1, 0.15) is 11.1 Å². The number of nitrogens with zero attached hydrogens (tertiary/aromatic N) is 1. The summed E-state index contributed by atoms with van der Waals surface area (Å²) in [6.45, 7) is 0.399. The summed E-state index contributed by atoms with van der Waals surface area (Å²) in [6.07, 6.45) is 1.80. The van der Waals surface area contributed by atoms with E-state index in [0.717, 1.165) is 11.1 Å². The van der Waals surface area contributed by atoms with Gasteiger partial charge in [0, 0.05) is 10.6 Å². The SMILES string of the molecule is O=C1NC(=Nc2ccccc2Cl)SC1=Cc1ccccc1OCc1ccc(Cl)cc1. The van der Waals surface area contributed by atoms with Crippen LogP contribution in [0.5, 0.6) is 5.75 Å². The maximum absolute atomic E-state index is 12.4. The number of thioether (sulfide) groups is 1. The zero-order valence-corrected chi connectivity index (χ0v) is 18.0. The highest BCUT2D eigenvalue weighted by molar-refractivity contribution is 8.18. The Morgan fingerprint density at radius 3 is 2.50 bits per heavy atom. The molecule has 1 N–H and O–H groups in total. The fraction of sp³-hybridized carbons (Fsp3) is 0.0435. The molecule has 3 aromatic rings. The topological polar surface area (TPSA) is 50.7 Å². The Labute approximate surface area is 188 Å². The number of hydrogen-bond donors (Lipinski definition) is 1. The number of aliphatic imine (C=N–C) groups is 1. The molecule has 7 heteroatoms. The molecule has 1 amide bonds. The lowest BCUT2D eigenvalue weighted by atomic mass is 10.2. The van der Waals surface area contributed by atoms with Gasteiger partial charge < -0.3 is 10.1 Å². The molecular formula is C23H16Cl2N2O2S. The number of ether oxygens (including phenoxy) is 1. The molecule has 0 saturated carbocycles. The maximum Gasteiger partial charge on any atom is 0.264 e.